The first-order valence-corrected chi connectivity index (χ1v) is 7.53. The number of likely N-dealkylation sites (tertiary alicyclic amines) is 1. The summed E-state index contributed by atoms with van der Waals surface area (Å²) in [5.74, 6) is 0.105. The number of likely N-dealkylation sites (N-methyl/N-ethyl adjacent to an activating group) is 1. The van der Waals surface area contributed by atoms with Crippen molar-refractivity contribution in [1.29, 1.82) is 0 Å². The highest BCUT2D eigenvalue weighted by atomic mass is 16.2. The molecule has 3 rings (SSSR count). The zero-order valence-electron chi connectivity index (χ0n) is 12.8. The minimum atomic E-state index is 0.105. The van der Waals surface area contributed by atoms with Crippen LogP contribution in [-0.2, 0) is 0 Å². The molecule has 1 atom stereocenters. The lowest BCUT2D eigenvalue weighted by molar-refractivity contribution is 0.0790. The Bertz CT molecular complexity index is 661. The quantitative estimate of drug-likeness (QED) is 0.939. The van der Waals surface area contributed by atoms with Crippen LogP contribution in [0.4, 0.5) is 0 Å². The number of carbonyl (C=O) groups excluding carboxylic acids is 1. The molecule has 1 aliphatic heterocycles. The van der Waals surface area contributed by atoms with Crippen molar-refractivity contribution in [3.05, 3.63) is 30.1 Å². The molecular weight excluding hydrogens is 264 g/mol. The Morgan fingerprint density at radius 1 is 1.43 bits per heavy atom. The second kappa shape index (κ2) is 5.48. The van der Waals surface area contributed by atoms with Crippen molar-refractivity contribution in [3.8, 4) is 0 Å². The summed E-state index contributed by atoms with van der Waals surface area (Å²) in [6.45, 7) is 5.86. The summed E-state index contributed by atoms with van der Waals surface area (Å²) in [5.41, 5.74) is 2.70. The number of nitrogens with one attached hydrogen (secondary N) is 1. The Morgan fingerprint density at radius 2 is 2.24 bits per heavy atom. The molecule has 1 N–H and O–H groups in total. The number of benzene rings is 1. The normalized spacial score (nSPS) is 18.9. The first-order valence-electron chi connectivity index (χ1n) is 7.53. The predicted octanol–water partition coefficient (Wildman–Crippen LogP) is 2.05. The summed E-state index contributed by atoms with van der Waals surface area (Å²) in [5, 5.41) is 3.24. The number of hydrogen-bond donors (Lipinski definition) is 1. The van der Waals surface area contributed by atoms with Crippen LogP contribution in [-0.4, -0.2) is 46.5 Å². The number of carbonyl (C=O) groups is 1. The van der Waals surface area contributed by atoms with Gasteiger partial charge in [0.15, 0.2) is 0 Å². The highest BCUT2D eigenvalue weighted by Crippen LogP contribution is 2.21. The van der Waals surface area contributed by atoms with E-state index in [-0.39, 0.29) is 5.91 Å². The standard InChI is InChI=1S/C16H22N4O/c1-11(2)20-10-18-14-8-12(4-5-15(14)20)16(21)19-7-6-13(9-19)17-3/h4-5,8,10-11,13,17H,6-7,9H2,1-3H3. The molecule has 5 nitrogen and oxygen atoms in total. The molecule has 0 aliphatic carbocycles. The molecule has 1 aromatic carbocycles. The summed E-state index contributed by atoms with van der Waals surface area (Å²) in [6.07, 6.45) is 2.86. The Hall–Kier alpha value is -1.88. The van der Waals surface area contributed by atoms with E-state index in [1.54, 1.807) is 0 Å². The number of imidazole rings is 1. The van der Waals surface area contributed by atoms with Gasteiger partial charge in [-0.3, -0.25) is 4.79 Å². The number of fused-ring (bicyclic) bond motifs is 1. The minimum Gasteiger partial charge on any atom is -0.337 e. The highest BCUT2D eigenvalue weighted by Gasteiger charge is 2.26. The molecule has 0 spiro atoms. The lowest BCUT2D eigenvalue weighted by atomic mass is 10.1. The molecule has 1 amide bonds. The van der Waals surface area contributed by atoms with Crippen LogP contribution in [0.25, 0.3) is 11.0 Å². The highest BCUT2D eigenvalue weighted by molar-refractivity contribution is 5.97. The molecule has 0 saturated carbocycles. The van der Waals surface area contributed by atoms with Gasteiger partial charge in [0.1, 0.15) is 0 Å². The fourth-order valence-electron chi connectivity index (χ4n) is 2.94. The zero-order chi connectivity index (χ0) is 15.0. The largest absolute Gasteiger partial charge is 0.337 e. The molecule has 1 saturated heterocycles. The van der Waals surface area contributed by atoms with Crippen molar-refractivity contribution >= 4 is 16.9 Å². The minimum absolute atomic E-state index is 0.105. The Balaban J connectivity index is 1.86. The SMILES string of the molecule is CNC1CCN(C(=O)c2ccc3c(c2)ncn3C(C)C)C1. The summed E-state index contributed by atoms with van der Waals surface area (Å²) >= 11 is 0. The third-order valence-corrected chi connectivity index (χ3v) is 4.26. The van der Waals surface area contributed by atoms with Crippen molar-refractivity contribution in [2.24, 2.45) is 0 Å². The van der Waals surface area contributed by atoms with E-state index in [1.807, 2.05) is 36.5 Å². The van der Waals surface area contributed by atoms with E-state index in [2.05, 4.69) is 28.7 Å². The summed E-state index contributed by atoms with van der Waals surface area (Å²) in [6, 6.07) is 6.60. The molecule has 1 aromatic heterocycles. The molecule has 1 unspecified atom stereocenters. The van der Waals surface area contributed by atoms with Crippen LogP contribution in [0.15, 0.2) is 24.5 Å². The van der Waals surface area contributed by atoms with Crippen molar-refractivity contribution < 1.29 is 4.79 Å². The first kappa shape index (κ1) is 14.1. The van der Waals surface area contributed by atoms with Crippen molar-refractivity contribution in [1.82, 2.24) is 19.8 Å². The van der Waals surface area contributed by atoms with Gasteiger partial charge < -0.3 is 14.8 Å². The van der Waals surface area contributed by atoms with Gasteiger partial charge in [-0.05, 0) is 45.5 Å². The predicted molar refractivity (Wildman–Crippen MR) is 83.5 cm³/mol. The molecule has 1 fully saturated rings. The van der Waals surface area contributed by atoms with E-state index in [4.69, 9.17) is 0 Å². The lowest BCUT2D eigenvalue weighted by Crippen LogP contribution is -2.33. The maximum Gasteiger partial charge on any atom is 0.253 e. The van der Waals surface area contributed by atoms with E-state index >= 15 is 0 Å². The molecule has 2 aromatic rings. The van der Waals surface area contributed by atoms with E-state index in [9.17, 15) is 4.79 Å². The number of hydrogen-bond acceptors (Lipinski definition) is 3. The zero-order valence-corrected chi connectivity index (χ0v) is 12.8. The summed E-state index contributed by atoms with van der Waals surface area (Å²) < 4.78 is 2.12. The molecule has 5 heteroatoms. The number of aromatic nitrogens is 2. The fourth-order valence-corrected chi connectivity index (χ4v) is 2.94. The van der Waals surface area contributed by atoms with Crippen molar-refractivity contribution in [2.45, 2.75) is 32.4 Å². The van der Waals surface area contributed by atoms with E-state index in [0.29, 0.717) is 12.1 Å². The maximum atomic E-state index is 12.6. The van der Waals surface area contributed by atoms with Crippen molar-refractivity contribution in [2.75, 3.05) is 20.1 Å². The average molecular weight is 286 g/mol. The second-order valence-electron chi connectivity index (χ2n) is 5.97. The van der Waals surface area contributed by atoms with Crippen LogP contribution in [0.3, 0.4) is 0 Å². The molecule has 112 valence electrons. The van der Waals surface area contributed by atoms with E-state index in [0.717, 1.165) is 36.1 Å². The van der Waals surface area contributed by atoms with Gasteiger partial charge in [-0.1, -0.05) is 0 Å². The topological polar surface area (TPSA) is 50.2 Å². The van der Waals surface area contributed by atoms with Crippen LogP contribution in [0, 0.1) is 0 Å². The Morgan fingerprint density at radius 3 is 2.90 bits per heavy atom. The third kappa shape index (κ3) is 2.53. The van der Waals surface area contributed by atoms with E-state index in [1.165, 1.54) is 0 Å². The Kier molecular flexibility index (Phi) is 3.68. The fraction of sp³-hybridized carbons (Fsp3) is 0.500. The van der Waals surface area contributed by atoms with Gasteiger partial charge in [0.25, 0.3) is 5.91 Å². The van der Waals surface area contributed by atoms with Gasteiger partial charge in [0.2, 0.25) is 0 Å². The average Bonchev–Trinajstić information content (AvgIpc) is 3.12. The maximum absolute atomic E-state index is 12.6. The molecule has 0 bridgehead atoms. The number of rotatable bonds is 3. The number of nitrogens with zero attached hydrogens (tertiary/aromatic N) is 3. The molecule has 2 heterocycles. The lowest BCUT2D eigenvalue weighted by Gasteiger charge is -2.16. The van der Waals surface area contributed by atoms with Crippen LogP contribution >= 0.6 is 0 Å². The van der Waals surface area contributed by atoms with E-state index < -0.39 is 0 Å². The molecule has 21 heavy (non-hydrogen) atoms. The molecule has 1 aliphatic rings. The van der Waals surface area contributed by atoms with Crippen LogP contribution < -0.4 is 5.32 Å². The number of amides is 1. The van der Waals surface area contributed by atoms with Crippen LogP contribution in [0.1, 0.15) is 36.7 Å². The first-order chi connectivity index (χ1) is 10.1. The van der Waals surface area contributed by atoms with Crippen LogP contribution in [0.2, 0.25) is 0 Å². The van der Waals surface area contributed by atoms with Gasteiger partial charge in [0, 0.05) is 30.7 Å². The smallest absolute Gasteiger partial charge is 0.253 e. The summed E-state index contributed by atoms with van der Waals surface area (Å²) in [7, 11) is 1.95. The summed E-state index contributed by atoms with van der Waals surface area (Å²) in [4.78, 5) is 18.9. The van der Waals surface area contributed by atoms with Gasteiger partial charge in [-0.2, -0.15) is 0 Å². The van der Waals surface area contributed by atoms with Gasteiger partial charge >= 0.3 is 0 Å². The van der Waals surface area contributed by atoms with Gasteiger partial charge in [-0.25, -0.2) is 4.98 Å². The monoisotopic (exact) mass is 286 g/mol. The van der Waals surface area contributed by atoms with Gasteiger partial charge in [-0.15, -0.1) is 0 Å². The van der Waals surface area contributed by atoms with Crippen LogP contribution in [0.5, 0.6) is 0 Å². The third-order valence-electron chi connectivity index (χ3n) is 4.26. The Labute approximate surface area is 125 Å². The van der Waals surface area contributed by atoms with Crippen molar-refractivity contribution in [3.63, 3.8) is 0 Å². The molecule has 0 radical (unpaired) electrons. The molecular formula is C16H22N4O. The second-order valence-corrected chi connectivity index (χ2v) is 5.97. The van der Waals surface area contributed by atoms with Gasteiger partial charge in [0.05, 0.1) is 17.4 Å².